The van der Waals surface area contributed by atoms with Gasteiger partial charge in [0.15, 0.2) is 0 Å². The fraction of sp³-hybridized carbons (Fsp3) is 0.556. The normalized spacial score (nSPS) is 22.2. The average molecular weight is 256 g/mol. The molecule has 0 aromatic carbocycles. The molecule has 0 aromatic heterocycles. The summed E-state index contributed by atoms with van der Waals surface area (Å²) >= 11 is 17.7. The van der Waals surface area contributed by atoms with Crippen LogP contribution in [-0.4, -0.2) is 6.00 Å². The Morgan fingerprint density at radius 3 is 2.54 bits per heavy atom. The molecular formula is C9H13Cl3Si. The second-order valence-electron chi connectivity index (χ2n) is 3.27. The van der Waals surface area contributed by atoms with Crippen LogP contribution in [0.2, 0.25) is 5.54 Å². The number of hydrogen-bond donors (Lipinski definition) is 0. The van der Waals surface area contributed by atoms with Crippen LogP contribution >= 0.6 is 33.2 Å². The van der Waals surface area contributed by atoms with Gasteiger partial charge < -0.3 is 0 Å². The van der Waals surface area contributed by atoms with Crippen LogP contribution in [0.1, 0.15) is 26.2 Å². The zero-order chi connectivity index (χ0) is 9.90. The van der Waals surface area contributed by atoms with Gasteiger partial charge in [0.05, 0.1) is 0 Å². The molecule has 0 N–H and O–H groups in total. The lowest BCUT2D eigenvalue weighted by Gasteiger charge is -2.11. The van der Waals surface area contributed by atoms with E-state index in [0.717, 1.165) is 6.42 Å². The summed E-state index contributed by atoms with van der Waals surface area (Å²) in [5, 5.41) is 0. The summed E-state index contributed by atoms with van der Waals surface area (Å²) in [6.45, 7) is 2.18. The zero-order valence-electron chi connectivity index (χ0n) is 7.56. The van der Waals surface area contributed by atoms with Crippen LogP contribution < -0.4 is 0 Å². The van der Waals surface area contributed by atoms with Gasteiger partial charge in [-0.25, -0.2) is 0 Å². The van der Waals surface area contributed by atoms with E-state index in [2.05, 4.69) is 19.1 Å². The lowest BCUT2D eigenvalue weighted by molar-refractivity contribution is 0.798. The molecule has 0 saturated carbocycles. The van der Waals surface area contributed by atoms with Gasteiger partial charge in [0, 0.05) is 5.54 Å². The number of halogens is 3. The number of hydrogen-bond acceptors (Lipinski definition) is 0. The van der Waals surface area contributed by atoms with E-state index < -0.39 is 6.00 Å². The molecule has 0 spiro atoms. The van der Waals surface area contributed by atoms with E-state index in [-0.39, 0.29) is 5.54 Å². The molecule has 0 heterocycles. The standard InChI is InChI=1S/C9H13Cl3Si/c1-2-3-4-8-5-6-9(7-8)13(10,11)12/h5-7,9H,2-4H2,1H3. The van der Waals surface area contributed by atoms with Crippen molar-refractivity contribution in [2.45, 2.75) is 31.7 Å². The molecule has 1 rings (SSSR count). The summed E-state index contributed by atoms with van der Waals surface area (Å²) in [5.41, 5.74) is 1.41. The Bertz CT molecular complexity index is 228. The Labute approximate surface area is 94.7 Å². The monoisotopic (exact) mass is 254 g/mol. The summed E-state index contributed by atoms with van der Waals surface area (Å²) in [6, 6.07) is -2.55. The molecule has 0 amide bonds. The van der Waals surface area contributed by atoms with Crippen LogP contribution in [-0.2, 0) is 0 Å². The Balaban J connectivity index is 2.50. The van der Waals surface area contributed by atoms with Crippen molar-refractivity contribution < 1.29 is 0 Å². The number of rotatable bonds is 4. The minimum absolute atomic E-state index is 0.0874. The molecule has 0 fully saturated rings. The van der Waals surface area contributed by atoms with Crippen LogP contribution in [0.15, 0.2) is 23.8 Å². The molecule has 0 bridgehead atoms. The van der Waals surface area contributed by atoms with Gasteiger partial charge in [0.25, 0.3) is 0 Å². The molecule has 0 saturated heterocycles. The van der Waals surface area contributed by atoms with E-state index in [1.54, 1.807) is 0 Å². The van der Waals surface area contributed by atoms with Crippen LogP contribution in [0.25, 0.3) is 0 Å². The van der Waals surface area contributed by atoms with Gasteiger partial charge in [-0.3, -0.25) is 0 Å². The van der Waals surface area contributed by atoms with Crippen molar-refractivity contribution in [1.82, 2.24) is 0 Å². The lowest BCUT2D eigenvalue weighted by atomic mass is 10.1. The van der Waals surface area contributed by atoms with E-state index in [4.69, 9.17) is 33.2 Å². The lowest BCUT2D eigenvalue weighted by Crippen LogP contribution is -2.14. The third kappa shape index (κ3) is 3.67. The van der Waals surface area contributed by atoms with E-state index in [0.29, 0.717) is 0 Å². The quantitative estimate of drug-likeness (QED) is 0.505. The van der Waals surface area contributed by atoms with Crippen molar-refractivity contribution >= 4 is 39.2 Å². The van der Waals surface area contributed by atoms with E-state index >= 15 is 0 Å². The number of allylic oxidation sites excluding steroid dienone is 4. The molecule has 0 aliphatic heterocycles. The molecular weight excluding hydrogens is 243 g/mol. The zero-order valence-corrected chi connectivity index (χ0v) is 10.8. The fourth-order valence-electron chi connectivity index (χ4n) is 1.32. The van der Waals surface area contributed by atoms with Crippen molar-refractivity contribution in [3.8, 4) is 0 Å². The summed E-state index contributed by atoms with van der Waals surface area (Å²) < 4.78 is 0. The largest absolute Gasteiger partial charge is 0.351 e. The van der Waals surface area contributed by atoms with Crippen molar-refractivity contribution in [1.29, 1.82) is 0 Å². The predicted molar refractivity (Wildman–Crippen MR) is 63.8 cm³/mol. The SMILES string of the molecule is CCCCC1=CC([Si](Cl)(Cl)Cl)C=C1. The van der Waals surface area contributed by atoms with Crippen molar-refractivity contribution in [2.24, 2.45) is 0 Å². The molecule has 0 radical (unpaired) electrons. The van der Waals surface area contributed by atoms with Crippen LogP contribution in [0.4, 0.5) is 0 Å². The van der Waals surface area contributed by atoms with Gasteiger partial charge in [-0.2, -0.15) is 0 Å². The van der Waals surface area contributed by atoms with Crippen LogP contribution in [0.5, 0.6) is 0 Å². The topological polar surface area (TPSA) is 0 Å². The fourth-order valence-corrected chi connectivity index (χ4v) is 3.26. The Morgan fingerprint density at radius 2 is 2.08 bits per heavy atom. The summed E-state index contributed by atoms with van der Waals surface area (Å²) in [6.07, 6.45) is 9.75. The molecule has 74 valence electrons. The second kappa shape index (κ2) is 4.88. The first-order valence-corrected chi connectivity index (χ1v) is 9.61. The summed E-state index contributed by atoms with van der Waals surface area (Å²) in [5.74, 6) is 0. The van der Waals surface area contributed by atoms with Gasteiger partial charge in [0.1, 0.15) is 0 Å². The predicted octanol–water partition coefficient (Wildman–Crippen LogP) is 4.70. The second-order valence-corrected chi connectivity index (χ2v) is 12.1. The van der Waals surface area contributed by atoms with Crippen molar-refractivity contribution in [3.63, 3.8) is 0 Å². The molecule has 1 atom stereocenters. The van der Waals surface area contributed by atoms with Gasteiger partial charge >= 0.3 is 6.00 Å². The van der Waals surface area contributed by atoms with E-state index in [1.807, 2.05) is 6.08 Å². The minimum atomic E-state index is -2.55. The molecule has 0 aromatic rings. The Hall–Kier alpha value is 0.567. The third-order valence-electron chi connectivity index (χ3n) is 2.11. The molecule has 13 heavy (non-hydrogen) atoms. The summed E-state index contributed by atoms with van der Waals surface area (Å²) in [4.78, 5) is 0. The maximum absolute atomic E-state index is 5.91. The Morgan fingerprint density at radius 1 is 1.38 bits per heavy atom. The summed E-state index contributed by atoms with van der Waals surface area (Å²) in [7, 11) is 0. The first-order valence-electron chi connectivity index (χ1n) is 4.49. The molecule has 1 aliphatic carbocycles. The van der Waals surface area contributed by atoms with Crippen molar-refractivity contribution in [2.75, 3.05) is 0 Å². The minimum Gasteiger partial charge on any atom is -0.125 e. The van der Waals surface area contributed by atoms with E-state index in [9.17, 15) is 0 Å². The smallest absolute Gasteiger partial charge is 0.125 e. The van der Waals surface area contributed by atoms with Crippen LogP contribution in [0, 0.1) is 0 Å². The van der Waals surface area contributed by atoms with E-state index in [1.165, 1.54) is 18.4 Å². The highest BCUT2D eigenvalue weighted by molar-refractivity contribution is 7.65. The van der Waals surface area contributed by atoms with Crippen molar-refractivity contribution in [3.05, 3.63) is 23.8 Å². The molecule has 4 heteroatoms. The number of unbranched alkanes of at least 4 members (excludes halogenated alkanes) is 1. The van der Waals surface area contributed by atoms with Gasteiger partial charge in [-0.05, 0) is 12.8 Å². The molecule has 1 unspecified atom stereocenters. The highest BCUT2D eigenvalue weighted by Crippen LogP contribution is 2.40. The highest BCUT2D eigenvalue weighted by atomic mass is 35.8. The van der Waals surface area contributed by atoms with Crippen LogP contribution in [0.3, 0.4) is 0 Å². The van der Waals surface area contributed by atoms with Gasteiger partial charge in [-0.1, -0.05) is 37.1 Å². The third-order valence-corrected chi connectivity index (χ3v) is 5.49. The maximum Gasteiger partial charge on any atom is 0.351 e. The first kappa shape index (κ1) is 11.6. The maximum atomic E-state index is 5.91. The average Bonchev–Trinajstić information content (AvgIpc) is 2.47. The molecule has 0 nitrogen and oxygen atoms in total. The van der Waals surface area contributed by atoms with Gasteiger partial charge in [0.2, 0.25) is 0 Å². The molecule has 1 aliphatic rings. The Kier molecular flexibility index (Phi) is 4.37. The highest BCUT2D eigenvalue weighted by Gasteiger charge is 2.35. The first-order chi connectivity index (χ1) is 6.04. The van der Waals surface area contributed by atoms with Gasteiger partial charge in [-0.15, -0.1) is 33.2 Å².